The number of nitrogens with one attached hydrogen (secondary N) is 3. The summed E-state index contributed by atoms with van der Waals surface area (Å²) in [7, 11) is 0. The SMILES string of the molecule is O=C(Cc1cccc2ccccc12)NCC(=O)NNC(=O)COc1ccc(-c2ccccc2)cc1. The monoisotopic (exact) mass is 467 g/mol. The number of hydrazine groups is 1. The van der Waals surface area contributed by atoms with Crippen molar-refractivity contribution >= 4 is 28.5 Å². The lowest BCUT2D eigenvalue weighted by Gasteiger charge is -2.10. The van der Waals surface area contributed by atoms with Gasteiger partial charge in [0.25, 0.3) is 11.8 Å². The number of hydrogen-bond donors (Lipinski definition) is 3. The van der Waals surface area contributed by atoms with E-state index in [9.17, 15) is 14.4 Å². The van der Waals surface area contributed by atoms with Crippen LogP contribution in [0.3, 0.4) is 0 Å². The first kappa shape index (κ1) is 23.5. The van der Waals surface area contributed by atoms with Crippen molar-refractivity contribution in [3.8, 4) is 16.9 Å². The molecule has 0 aliphatic heterocycles. The van der Waals surface area contributed by atoms with Crippen molar-refractivity contribution in [3.05, 3.63) is 103 Å². The quantitative estimate of drug-likeness (QED) is 0.346. The zero-order chi connectivity index (χ0) is 24.5. The molecular weight excluding hydrogens is 442 g/mol. The molecule has 3 amide bonds. The fourth-order valence-electron chi connectivity index (χ4n) is 3.60. The number of rotatable bonds is 8. The first-order valence-electron chi connectivity index (χ1n) is 11.2. The van der Waals surface area contributed by atoms with Gasteiger partial charge in [0.05, 0.1) is 13.0 Å². The van der Waals surface area contributed by atoms with E-state index < -0.39 is 11.8 Å². The topological polar surface area (TPSA) is 96.5 Å². The summed E-state index contributed by atoms with van der Waals surface area (Å²) in [4.78, 5) is 36.2. The number of hydrogen-bond acceptors (Lipinski definition) is 4. The molecule has 0 aliphatic rings. The van der Waals surface area contributed by atoms with Gasteiger partial charge in [-0.15, -0.1) is 0 Å². The maximum Gasteiger partial charge on any atom is 0.276 e. The van der Waals surface area contributed by atoms with Crippen molar-refractivity contribution in [3.63, 3.8) is 0 Å². The molecule has 4 rings (SSSR count). The molecule has 7 heteroatoms. The predicted molar refractivity (Wildman–Crippen MR) is 134 cm³/mol. The van der Waals surface area contributed by atoms with E-state index in [0.29, 0.717) is 5.75 Å². The van der Waals surface area contributed by atoms with E-state index >= 15 is 0 Å². The van der Waals surface area contributed by atoms with Crippen LogP contribution in [-0.4, -0.2) is 30.9 Å². The van der Waals surface area contributed by atoms with Crippen LogP contribution in [0.15, 0.2) is 97.1 Å². The van der Waals surface area contributed by atoms with Gasteiger partial charge in [0.2, 0.25) is 5.91 Å². The Morgan fingerprint density at radius 3 is 2.09 bits per heavy atom. The highest BCUT2D eigenvalue weighted by Gasteiger charge is 2.10. The van der Waals surface area contributed by atoms with E-state index in [1.807, 2.05) is 84.9 Å². The molecule has 0 heterocycles. The van der Waals surface area contributed by atoms with E-state index in [2.05, 4.69) is 16.2 Å². The van der Waals surface area contributed by atoms with Gasteiger partial charge in [-0.3, -0.25) is 25.2 Å². The van der Waals surface area contributed by atoms with Crippen LogP contribution in [0, 0.1) is 0 Å². The Morgan fingerprint density at radius 1 is 0.629 bits per heavy atom. The Kier molecular flexibility index (Phi) is 7.70. The third-order valence-corrected chi connectivity index (χ3v) is 5.35. The average molecular weight is 468 g/mol. The molecule has 0 aliphatic carbocycles. The Bertz CT molecular complexity index is 1320. The summed E-state index contributed by atoms with van der Waals surface area (Å²) in [5.41, 5.74) is 7.54. The molecule has 7 nitrogen and oxygen atoms in total. The van der Waals surface area contributed by atoms with Crippen molar-refractivity contribution in [2.75, 3.05) is 13.2 Å². The first-order chi connectivity index (χ1) is 17.1. The lowest BCUT2D eigenvalue weighted by molar-refractivity contribution is -0.130. The summed E-state index contributed by atoms with van der Waals surface area (Å²) >= 11 is 0. The molecular formula is C28H25N3O4. The van der Waals surface area contributed by atoms with Crippen molar-refractivity contribution in [2.45, 2.75) is 6.42 Å². The van der Waals surface area contributed by atoms with Crippen molar-refractivity contribution < 1.29 is 19.1 Å². The molecule has 0 aromatic heterocycles. The lowest BCUT2D eigenvalue weighted by atomic mass is 10.0. The highest BCUT2D eigenvalue weighted by Crippen LogP contribution is 2.22. The minimum Gasteiger partial charge on any atom is -0.484 e. The number of carbonyl (C=O) groups is 3. The van der Waals surface area contributed by atoms with Crippen molar-refractivity contribution in [1.82, 2.24) is 16.2 Å². The Labute approximate surface area is 203 Å². The molecule has 176 valence electrons. The van der Waals surface area contributed by atoms with Gasteiger partial charge in [-0.05, 0) is 39.6 Å². The predicted octanol–water partition coefficient (Wildman–Crippen LogP) is 3.39. The maximum absolute atomic E-state index is 12.3. The Balaban J connectivity index is 1.16. The molecule has 0 bridgehead atoms. The van der Waals surface area contributed by atoms with Crippen LogP contribution in [0.1, 0.15) is 5.56 Å². The van der Waals surface area contributed by atoms with Crippen LogP contribution in [0.5, 0.6) is 5.75 Å². The van der Waals surface area contributed by atoms with Gasteiger partial charge in [-0.25, -0.2) is 0 Å². The largest absolute Gasteiger partial charge is 0.484 e. The van der Waals surface area contributed by atoms with Crippen LogP contribution in [-0.2, 0) is 20.8 Å². The van der Waals surface area contributed by atoms with E-state index in [1.165, 1.54) is 0 Å². The van der Waals surface area contributed by atoms with Gasteiger partial charge in [-0.1, -0.05) is 84.9 Å². The summed E-state index contributed by atoms with van der Waals surface area (Å²) in [6.45, 7) is -0.524. The van der Waals surface area contributed by atoms with Crippen LogP contribution in [0.4, 0.5) is 0 Å². The zero-order valence-corrected chi connectivity index (χ0v) is 19.0. The second kappa shape index (κ2) is 11.5. The second-order valence-electron chi connectivity index (χ2n) is 7.87. The van der Waals surface area contributed by atoms with Crippen LogP contribution >= 0.6 is 0 Å². The lowest BCUT2D eigenvalue weighted by Crippen LogP contribution is -2.47. The third kappa shape index (κ3) is 6.68. The highest BCUT2D eigenvalue weighted by atomic mass is 16.5. The normalized spacial score (nSPS) is 10.4. The number of ether oxygens (including phenoxy) is 1. The van der Waals surface area contributed by atoms with Crippen LogP contribution < -0.4 is 20.9 Å². The zero-order valence-electron chi connectivity index (χ0n) is 19.0. The summed E-state index contributed by atoms with van der Waals surface area (Å²) in [5.74, 6) is -0.818. The van der Waals surface area contributed by atoms with Gasteiger partial charge in [-0.2, -0.15) is 0 Å². The van der Waals surface area contributed by atoms with Gasteiger partial charge in [0.15, 0.2) is 6.61 Å². The summed E-state index contributed by atoms with van der Waals surface area (Å²) in [6.07, 6.45) is 0.151. The highest BCUT2D eigenvalue weighted by molar-refractivity contribution is 5.92. The standard InChI is InChI=1S/C28H25N3O4/c32-26(17-23-11-6-10-22-9-4-5-12-25(22)23)29-18-27(33)30-31-28(34)19-35-24-15-13-21(14-16-24)20-7-2-1-3-8-20/h1-16H,17-19H2,(H,29,32)(H,30,33)(H,31,34). The fourth-order valence-corrected chi connectivity index (χ4v) is 3.60. The summed E-state index contributed by atoms with van der Waals surface area (Å²) in [5, 5.41) is 4.61. The van der Waals surface area contributed by atoms with Gasteiger partial charge < -0.3 is 10.1 Å². The molecule has 0 atom stereocenters. The van der Waals surface area contributed by atoms with Gasteiger partial charge in [0.1, 0.15) is 5.75 Å². The molecule has 3 N–H and O–H groups in total. The first-order valence-corrected chi connectivity index (χ1v) is 11.2. The van der Waals surface area contributed by atoms with Gasteiger partial charge >= 0.3 is 0 Å². The number of carbonyl (C=O) groups excluding carboxylic acids is 3. The van der Waals surface area contributed by atoms with Crippen molar-refractivity contribution in [2.24, 2.45) is 0 Å². The molecule has 0 saturated heterocycles. The molecule has 0 spiro atoms. The second-order valence-corrected chi connectivity index (χ2v) is 7.87. The molecule has 0 saturated carbocycles. The molecule has 4 aromatic rings. The smallest absolute Gasteiger partial charge is 0.276 e. The van der Waals surface area contributed by atoms with E-state index in [4.69, 9.17) is 4.74 Å². The summed E-state index contributed by atoms with van der Waals surface area (Å²) in [6, 6.07) is 30.9. The van der Waals surface area contributed by atoms with E-state index in [-0.39, 0.29) is 25.5 Å². The van der Waals surface area contributed by atoms with E-state index in [1.54, 1.807) is 12.1 Å². The van der Waals surface area contributed by atoms with Crippen LogP contribution in [0.25, 0.3) is 21.9 Å². The average Bonchev–Trinajstić information content (AvgIpc) is 2.90. The molecule has 4 aromatic carbocycles. The molecule has 0 radical (unpaired) electrons. The maximum atomic E-state index is 12.3. The van der Waals surface area contributed by atoms with Gasteiger partial charge in [0, 0.05) is 0 Å². The minimum absolute atomic E-state index is 0.151. The minimum atomic E-state index is -0.545. The summed E-state index contributed by atoms with van der Waals surface area (Å²) < 4.78 is 5.46. The van der Waals surface area contributed by atoms with E-state index in [0.717, 1.165) is 27.5 Å². The third-order valence-electron chi connectivity index (χ3n) is 5.35. The number of amides is 3. The number of benzene rings is 4. The Morgan fingerprint density at radius 2 is 1.29 bits per heavy atom. The Hall–Kier alpha value is -4.65. The molecule has 0 unspecified atom stereocenters. The van der Waals surface area contributed by atoms with Crippen LogP contribution in [0.2, 0.25) is 0 Å². The molecule has 0 fully saturated rings. The fraction of sp³-hybridized carbons (Fsp3) is 0.107. The number of fused-ring (bicyclic) bond motifs is 1. The van der Waals surface area contributed by atoms with Crippen molar-refractivity contribution in [1.29, 1.82) is 0 Å². The molecule has 35 heavy (non-hydrogen) atoms.